The molecule has 0 aromatic heterocycles. The number of para-hydroxylation sites is 2. The Morgan fingerprint density at radius 3 is 3.00 bits per heavy atom. The predicted octanol–water partition coefficient (Wildman–Crippen LogP) is 2.18. The summed E-state index contributed by atoms with van der Waals surface area (Å²) in [6.07, 6.45) is 5.09. The number of nitrogens with zero attached hydrogens (tertiary/aromatic N) is 2. The molecule has 2 aliphatic heterocycles. The Bertz CT molecular complexity index is 634. The summed E-state index contributed by atoms with van der Waals surface area (Å²) in [6.45, 7) is 5.49. The summed E-state index contributed by atoms with van der Waals surface area (Å²) in [6, 6.07) is 8.02. The number of fused-ring (bicyclic) bond motifs is 1. The number of hydrogen-bond acceptors (Lipinski definition) is 4. The molecule has 0 aliphatic carbocycles. The highest BCUT2D eigenvalue weighted by Gasteiger charge is 2.25. The van der Waals surface area contributed by atoms with Crippen molar-refractivity contribution in [1.82, 2.24) is 10.2 Å². The number of carbonyl (C=O) groups is 2. The highest BCUT2D eigenvalue weighted by Crippen LogP contribution is 2.30. The first-order valence-corrected chi connectivity index (χ1v) is 9.68. The summed E-state index contributed by atoms with van der Waals surface area (Å²) in [7, 11) is 0. The van der Waals surface area contributed by atoms with Crippen molar-refractivity contribution in [3.63, 3.8) is 0 Å². The lowest BCUT2D eigenvalue weighted by Crippen LogP contribution is -2.42. The van der Waals surface area contributed by atoms with Crippen LogP contribution in [0.4, 0.5) is 5.69 Å². The molecular formula is C20H29N3O3. The van der Waals surface area contributed by atoms with E-state index in [2.05, 4.69) is 17.1 Å². The maximum absolute atomic E-state index is 12.3. The quantitative estimate of drug-likeness (QED) is 0.791. The smallest absolute Gasteiger partial charge is 0.240 e. The molecule has 0 spiro atoms. The minimum Gasteiger partial charge on any atom is -0.491 e. The highest BCUT2D eigenvalue weighted by molar-refractivity contribution is 6.00. The van der Waals surface area contributed by atoms with Crippen molar-refractivity contribution in [2.45, 2.75) is 45.1 Å². The van der Waals surface area contributed by atoms with Gasteiger partial charge in [-0.15, -0.1) is 0 Å². The Kier molecular flexibility index (Phi) is 6.50. The molecule has 1 atom stereocenters. The van der Waals surface area contributed by atoms with Crippen molar-refractivity contribution < 1.29 is 14.3 Å². The van der Waals surface area contributed by atoms with Crippen molar-refractivity contribution in [3.05, 3.63) is 24.3 Å². The van der Waals surface area contributed by atoms with Gasteiger partial charge >= 0.3 is 0 Å². The van der Waals surface area contributed by atoms with E-state index in [4.69, 9.17) is 4.74 Å². The number of piperidine rings is 1. The Hall–Kier alpha value is -2.08. The first-order chi connectivity index (χ1) is 12.6. The molecule has 1 saturated heterocycles. The Balaban J connectivity index is 1.47. The molecule has 142 valence electrons. The topological polar surface area (TPSA) is 61.9 Å². The molecule has 1 N–H and O–H groups in total. The van der Waals surface area contributed by atoms with Gasteiger partial charge in [0.2, 0.25) is 11.8 Å². The second-order valence-corrected chi connectivity index (χ2v) is 7.13. The van der Waals surface area contributed by atoms with Crippen molar-refractivity contribution >= 4 is 17.5 Å². The first kappa shape index (κ1) is 18.7. The summed E-state index contributed by atoms with van der Waals surface area (Å²) >= 11 is 0. The second-order valence-electron chi connectivity index (χ2n) is 7.13. The summed E-state index contributed by atoms with van der Waals surface area (Å²) < 4.78 is 5.61. The van der Waals surface area contributed by atoms with Crippen LogP contribution in [0.1, 0.15) is 39.0 Å². The lowest BCUT2D eigenvalue weighted by Gasteiger charge is -2.33. The minimum atomic E-state index is -0.123. The van der Waals surface area contributed by atoms with Gasteiger partial charge in [0.1, 0.15) is 12.3 Å². The van der Waals surface area contributed by atoms with Gasteiger partial charge in [0, 0.05) is 19.1 Å². The Morgan fingerprint density at radius 1 is 1.31 bits per heavy atom. The minimum absolute atomic E-state index is 0.0410. The lowest BCUT2D eigenvalue weighted by atomic mass is 10.0. The zero-order valence-electron chi connectivity index (χ0n) is 15.6. The number of likely N-dealkylation sites (tertiary alicyclic amines) is 1. The molecule has 2 aliphatic rings. The average Bonchev–Trinajstić information content (AvgIpc) is 2.79. The van der Waals surface area contributed by atoms with Gasteiger partial charge in [-0.2, -0.15) is 0 Å². The molecule has 0 radical (unpaired) electrons. The van der Waals surface area contributed by atoms with Crippen LogP contribution in [0.3, 0.4) is 0 Å². The van der Waals surface area contributed by atoms with Crippen LogP contribution >= 0.6 is 0 Å². The summed E-state index contributed by atoms with van der Waals surface area (Å²) in [5.41, 5.74) is 0.673. The first-order valence-electron chi connectivity index (χ1n) is 9.68. The fourth-order valence-electron chi connectivity index (χ4n) is 3.69. The van der Waals surface area contributed by atoms with Gasteiger partial charge < -0.3 is 15.0 Å². The monoisotopic (exact) mass is 359 g/mol. The van der Waals surface area contributed by atoms with E-state index in [0.717, 1.165) is 19.5 Å². The highest BCUT2D eigenvalue weighted by atomic mass is 16.5. The van der Waals surface area contributed by atoms with Gasteiger partial charge in [-0.3, -0.25) is 14.5 Å². The van der Waals surface area contributed by atoms with E-state index < -0.39 is 0 Å². The van der Waals surface area contributed by atoms with E-state index in [9.17, 15) is 9.59 Å². The Labute approximate surface area is 155 Å². The predicted molar refractivity (Wildman–Crippen MR) is 101 cm³/mol. The summed E-state index contributed by atoms with van der Waals surface area (Å²) in [4.78, 5) is 28.7. The molecule has 0 saturated carbocycles. The molecule has 1 fully saturated rings. The number of nitrogens with one attached hydrogen (secondary N) is 1. The number of amides is 2. The van der Waals surface area contributed by atoms with E-state index in [1.807, 2.05) is 24.3 Å². The number of rotatable bonds is 6. The molecule has 2 amide bonds. The third kappa shape index (κ3) is 4.75. The maximum Gasteiger partial charge on any atom is 0.240 e. The standard InChI is InChI=1S/C20H29N3O3/c1-16-7-4-5-12-22(16)13-6-11-21-19(24)15-23-17-8-2-3-9-18(17)26-14-10-20(23)25/h2-3,8-9,16H,4-7,10-15H2,1H3,(H,21,24)/t16-/m0/s1. The van der Waals surface area contributed by atoms with Crippen LogP contribution in [0.2, 0.25) is 0 Å². The van der Waals surface area contributed by atoms with Gasteiger partial charge in [-0.05, 0) is 44.9 Å². The SMILES string of the molecule is C[C@H]1CCCCN1CCCNC(=O)CN1C(=O)CCOc2ccccc21. The maximum atomic E-state index is 12.3. The van der Waals surface area contributed by atoms with E-state index in [1.165, 1.54) is 24.2 Å². The number of carbonyl (C=O) groups excluding carboxylic acids is 2. The second kappa shape index (κ2) is 9.03. The molecule has 0 bridgehead atoms. The van der Waals surface area contributed by atoms with Gasteiger partial charge in [-0.25, -0.2) is 0 Å². The van der Waals surface area contributed by atoms with Gasteiger partial charge in [-0.1, -0.05) is 18.6 Å². The Morgan fingerprint density at radius 2 is 2.15 bits per heavy atom. The van der Waals surface area contributed by atoms with Crippen LogP contribution in [0, 0.1) is 0 Å². The zero-order valence-corrected chi connectivity index (χ0v) is 15.6. The largest absolute Gasteiger partial charge is 0.491 e. The van der Waals surface area contributed by atoms with Gasteiger partial charge in [0.05, 0.1) is 18.7 Å². The number of ether oxygens (including phenoxy) is 1. The molecule has 6 heteroatoms. The molecule has 6 nitrogen and oxygen atoms in total. The van der Waals surface area contributed by atoms with Crippen molar-refractivity contribution in [2.24, 2.45) is 0 Å². The third-order valence-electron chi connectivity index (χ3n) is 5.22. The molecule has 1 aromatic rings. The summed E-state index contributed by atoms with van der Waals surface area (Å²) in [5.74, 6) is 0.458. The molecule has 3 rings (SSSR count). The third-order valence-corrected chi connectivity index (χ3v) is 5.22. The number of anilines is 1. The van der Waals surface area contributed by atoms with Gasteiger partial charge in [0.25, 0.3) is 0 Å². The molecule has 26 heavy (non-hydrogen) atoms. The lowest BCUT2D eigenvalue weighted by molar-refractivity contribution is -0.123. The van der Waals surface area contributed by atoms with Crippen LogP contribution in [-0.2, 0) is 9.59 Å². The van der Waals surface area contributed by atoms with Crippen LogP contribution in [-0.4, -0.2) is 55.5 Å². The van der Waals surface area contributed by atoms with Crippen molar-refractivity contribution in [1.29, 1.82) is 0 Å². The van der Waals surface area contributed by atoms with Gasteiger partial charge in [0.15, 0.2) is 0 Å². The van der Waals surface area contributed by atoms with Crippen LogP contribution in [0.5, 0.6) is 5.75 Å². The van der Waals surface area contributed by atoms with Crippen LogP contribution in [0.25, 0.3) is 0 Å². The van der Waals surface area contributed by atoms with E-state index in [-0.39, 0.29) is 24.8 Å². The van der Waals surface area contributed by atoms with E-state index in [0.29, 0.717) is 30.6 Å². The van der Waals surface area contributed by atoms with Crippen molar-refractivity contribution in [2.75, 3.05) is 37.7 Å². The van der Waals surface area contributed by atoms with E-state index >= 15 is 0 Å². The fraction of sp³-hybridized carbons (Fsp3) is 0.600. The molecule has 1 aromatic carbocycles. The number of hydrogen-bond donors (Lipinski definition) is 1. The van der Waals surface area contributed by atoms with Crippen molar-refractivity contribution in [3.8, 4) is 5.75 Å². The zero-order chi connectivity index (χ0) is 18.4. The molecular weight excluding hydrogens is 330 g/mol. The molecule has 2 heterocycles. The number of benzene rings is 1. The normalized spacial score (nSPS) is 20.9. The average molecular weight is 359 g/mol. The summed E-state index contributed by atoms with van der Waals surface area (Å²) in [5, 5.41) is 2.96. The van der Waals surface area contributed by atoms with Crippen LogP contribution in [0.15, 0.2) is 24.3 Å². The van der Waals surface area contributed by atoms with Crippen LogP contribution < -0.4 is 15.0 Å². The van der Waals surface area contributed by atoms with E-state index in [1.54, 1.807) is 0 Å². The molecule has 0 unspecified atom stereocenters. The fourth-order valence-corrected chi connectivity index (χ4v) is 3.69.